The molecular formula is C9H12ClN3. The monoisotopic (exact) mass is 197 g/mol. The molecule has 1 aliphatic carbocycles. The Hall–Kier alpha value is -0.830. The second kappa shape index (κ2) is 3.50. The van der Waals surface area contributed by atoms with E-state index in [1.165, 1.54) is 19.3 Å². The molecule has 0 bridgehead atoms. The molecule has 4 heteroatoms. The molecule has 3 nitrogen and oxygen atoms in total. The lowest BCUT2D eigenvalue weighted by atomic mass is 9.92. The smallest absolute Gasteiger partial charge is 0.224 e. The molecule has 0 radical (unpaired) electrons. The first-order valence-electron chi connectivity index (χ1n) is 4.49. The van der Waals surface area contributed by atoms with E-state index in [1.807, 2.05) is 6.07 Å². The predicted octanol–water partition coefficient (Wildman–Crippen LogP) is 2.12. The third kappa shape index (κ3) is 1.75. The Morgan fingerprint density at radius 3 is 2.85 bits per heavy atom. The van der Waals surface area contributed by atoms with Crippen LogP contribution in [0, 0.1) is 0 Å². The highest BCUT2D eigenvalue weighted by Crippen LogP contribution is 2.26. The van der Waals surface area contributed by atoms with Gasteiger partial charge in [0.2, 0.25) is 5.28 Å². The zero-order valence-electron chi connectivity index (χ0n) is 7.57. The summed E-state index contributed by atoms with van der Waals surface area (Å²) < 4.78 is 0. The number of hydrogen-bond acceptors (Lipinski definition) is 3. The van der Waals surface area contributed by atoms with Crippen molar-refractivity contribution in [1.82, 2.24) is 9.97 Å². The molecule has 1 aromatic heterocycles. The highest BCUT2D eigenvalue weighted by Gasteiger charge is 2.22. The van der Waals surface area contributed by atoms with Crippen molar-refractivity contribution in [3.63, 3.8) is 0 Å². The first-order chi connectivity index (χ1) is 6.27. The van der Waals surface area contributed by atoms with Crippen molar-refractivity contribution >= 4 is 17.4 Å². The Kier molecular flexibility index (Phi) is 2.36. The molecule has 0 amide bonds. The first kappa shape index (κ1) is 8.75. The summed E-state index contributed by atoms with van der Waals surface area (Å²) in [5.74, 6) is 0.921. The molecule has 0 spiro atoms. The van der Waals surface area contributed by atoms with E-state index in [-0.39, 0.29) is 0 Å². The molecule has 1 aliphatic rings. The topological polar surface area (TPSA) is 29.0 Å². The maximum absolute atomic E-state index is 5.71. The molecule has 1 aromatic rings. The summed E-state index contributed by atoms with van der Waals surface area (Å²) in [5, 5.41) is 0.323. The van der Waals surface area contributed by atoms with E-state index >= 15 is 0 Å². The van der Waals surface area contributed by atoms with Crippen LogP contribution in [0.5, 0.6) is 0 Å². The molecule has 1 fully saturated rings. The van der Waals surface area contributed by atoms with Crippen LogP contribution in [-0.2, 0) is 0 Å². The average Bonchev–Trinajstić information content (AvgIpc) is 2.01. The Bertz CT molecular complexity index is 299. The van der Waals surface area contributed by atoms with Gasteiger partial charge in [-0.3, -0.25) is 0 Å². The third-order valence-corrected chi connectivity index (χ3v) is 2.78. The van der Waals surface area contributed by atoms with Gasteiger partial charge in [-0.15, -0.1) is 0 Å². The fraction of sp³-hybridized carbons (Fsp3) is 0.556. The van der Waals surface area contributed by atoms with Gasteiger partial charge < -0.3 is 4.90 Å². The van der Waals surface area contributed by atoms with Gasteiger partial charge in [-0.25, -0.2) is 9.97 Å². The zero-order valence-corrected chi connectivity index (χ0v) is 8.33. The van der Waals surface area contributed by atoms with E-state index in [1.54, 1.807) is 6.20 Å². The lowest BCUT2D eigenvalue weighted by Gasteiger charge is -2.35. The fourth-order valence-corrected chi connectivity index (χ4v) is 1.63. The van der Waals surface area contributed by atoms with Crippen LogP contribution in [-0.4, -0.2) is 23.1 Å². The minimum absolute atomic E-state index is 0.323. The Morgan fingerprint density at radius 1 is 1.54 bits per heavy atom. The van der Waals surface area contributed by atoms with Crippen LogP contribution in [0.3, 0.4) is 0 Å². The molecule has 2 rings (SSSR count). The molecule has 0 aliphatic heterocycles. The van der Waals surface area contributed by atoms with Gasteiger partial charge in [0.1, 0.15) is 5.82 Å². The number of hydrogen-bond donors (Lipinski definition) is 0. The summed E-state index contributed by atoms with van der Waals surface area (Å²) in [6.45, 7) is 0. The molecular weight excluding hydrogens is 186 g/mol. The predicted molar refractivity (Wildman–Crippen MR) is 53.1 cm³/mol. The fourth-order valence-electron chi connectivity index (χ4n) is 1.48. The van der Waals surface area contributed by atoms with Crippen molar-refractivity contribution in [1.29, 1.82) is 0 Å². The SMILES string of the molecule is CN(c1ccnc(Cl)n1)C1CCC1. The molecule has 0 aromatic carbocycles. The van der Waals surface area contributed by atoms with Crippen LogP contribution in [0.1, 0.15) is 19.3 Å². The van der Waals surface area contributed by atoms with Crippen molar-refractivity contribution in [3.05, 3.63) is 17.5 Å². The normalized spacial score (nSPS) is 16.8. The zero-order chi connectivity index (χ0) is 9.26. The van der Waals surface area contributed by atoms with Crippen LogP contribution in [0.15, 0.2) is 12.3 Å². The summed E-state index contributed by atoms with van der Waals surface area (Å²) in [5.41, 5.74) is 0. The van der Waals surface area contributed by atoms with E-state index in [0.29, 0.717) is 11.3 Å². The van der Waals surface area contributed by atoms with E-state index in [4.69, 9.17) is 11.6 Å². The van der Waals surface area contributed by atoms with Crippen molar-refractivity contribution < 1.29 is 0 Å². The van der Waals surface area contributed by atoms with Gasteiger partial charge >= 0.3 is 0 Å². The van der Waals surface area contributed by atoms with Crippen LogP contribution in [0.25, 0.3) is 0 Å². The minimum atomic E-state index is 0.323. The lowest BCUT2D eigenvalue weighted by molar-refractivity contribution is 0.399. The van der Waals surface area contributed by atoms with Crippen molar-refractivity contribution in [2.45, 2.75) is 25.3 Å². The van der Waals surface area contributed by atoms with E-state index in [2.05, 4.69) is 21.9 Å². The molecule has 1 heterocycles. The quantitative estimate of drug-likeness (QED) is 0.681. The lowest BCUT2D eigenvalue weighted by Crippen LogP contribution is -2.37. The minimum Gasteiger partial charge on any atom is -0.357 e. The number of rotatable bonds is 2. The van der Waals surface area contributed by atoms with Gasteiger partial charge in [0.05, 0.1) is 0 Å². The molecule has 70 valence electrons. The standard InChI is InChI=1S/C9H12ClN3/c1-13(7-3-2-4-7)8-5-6-11-9(10)12-8/h5-7H,2-4H2,1H3. The number of anilines is 1. The van der Waals surface area contributed by atoms with Gasteiger partial charge in [0, 0.05) is 19.3 Å². The van der Waals surface area contributed by atoms with E-state index in [0.717, 1.165) is 5.82 Å². The number of halogens is 1. The van der Waals surface area contributed by atoms with Gasteiger partial charge in [-0.1, -0.05) is 0 Å². The van der Waals surface area contributed by atoms with Gasteiger partial charge in [-0.05, 0) is 36.9 Å². The number of aromatic nitrogens is 2. The summed E-state index contributed by atoms with van der Waals surface area (Å²) in [6.07, 6.45) is 5.55. The Labute approximate surface area is 82.8 Å². The Morgan fingerprint density at radius 2 is 2.31 bits per heavy atom. The van der Waals surface area contributed by atoms with Crippen LogP contribution in [0.2, 0.25) is 5.28 Å². The van der Waals surface area contributed by atoms with Gasteiger partial charge in [0.25, 0.3) is 0 Å². The van der Waals surface area contributed by atoms with Crippen molar-refractivity contribution in [2.24, 2.45) is 0 Å². The summed E-state index contributed by atoms with van der Waals surface area (Å²) in [4.78, 5) is 10.2. The van der Waals surface area contributed by atoms with Crippen LogP contribution >= 0.6 is 11.6 Å². The summed E-state index contributed by atoms with van der Waals surface area (Å²) in [6, 6.07) is 2.54. The van der Waals surface area contributed by atoms with Gasteiger partial charge in [-0.2, -0.15) is 0 Å². The summed E-state index contributed by atoms with van der Waals surface area (Å²) >= 11 is 5.71. The highest BCUT2D eigenvalue weighted by molar-refractivity contribution is 6.28. The van der Waals surface area contributed by atoms with E-state index in [9.17, 15) is 0 Å². The molecule has 0 N–H and O–H groups in total. The van der Waals surface area contributed by atoms with Crippen molar-refractivity contribution in [2.75, 3.05) is 11.9 Å². The molecule has 0 atom stereocenters. The number of nitrogens with zero attached hydrogens (tertiary/aromatic N) is 3. The van der Waals surface area contributed by atoms with Crippen LogP contribution in [0.4, 0.5) is 5.82 Å². The first-order valence-corrected chi connectivity index (χ1v) is 4.86. The molecule has 1 saturated carbocycles. The molecule has 0 unspecified atom stereocenters. The Balaban J connectivity index is 2.14. The largest absolute Gasteiger partial charge is 0.357 e. The highest BCUT2D eigenvalue weighted by atomic mass is 35.5. The molecule has 0 saturated heterocycles. The summed E-state index contributed by atoms with van der Waals surface area (Å²) in [7, 11) is 2.06. The second-order valence-corrected chi connectivity index (χ2v) is 3.72. The van der Waals surface area contributed by atoms with E-state index < -0.39 is 0 Å². The van der Waals surface area contributed by atoms with Crippen LogP contribution < -0.4 is 4.90 Å². The third-order valence-electron chi connectivity index (χ3n) is 2.60. The maximum Gasteiger partial charge on any atom is 0.224 e. The molecule has 13 heavy (non-hydrogen) atoms. The van der Waals surface area contributed by atoms with Gasteiger partial charge in [0.15, 0.2) is 0 Å². The average molecular weight is 198 g/mol. The van der Waals surface area contributed by atoms with Crippen molar-refractivity contribution in [3.8, 4) is 0 Å². The second-order valence-electron chi connectivity index (χ2n) is 3.38. The maximum atomic E-state index is 5.71.